The third kappa shape index (κ3) is 17.3. The van der Waals surface area contributed by atoms with E-state index in [2.05, 4.69) is 0 Å². The largest absolute Gasteiger partial charge is 0.453 e. The zero-order valence-corrected chi connectivity index (χ0v) is 50.3. The van der Waals surface area contributed by atoms with Crippen LogP contribution in [0.2, 0.25) is 24.2 Å². The number of halogens is 40. The van der Waals surface area contributed by atoms with Crippen molar-refractivity contribution in [2.24, 2.45) is 5.41 Å². The van der Waals surface area contributed by atoms with Gasteiger partial charge in [0, 0.05) is 34.2 Å². The van der Waals surface area contributed by atoms with Crippen molar-refractivity contribution < 1.29 is 206 Å². The molecular weight excluding hydrogens is 1530 g/mol. The number of allylic oxidation sites excluding steroid dienone is 3. The minimum atomic E-state index is -7.62. The van der Waals surface area contributed by atoms with Crippen molar-refractivity contribution in [3.8, 4) is 0 Å². The van der Waals surface area contributed by atoms with E-state index in [1.54, 1.807) is 0 Å². The molecular formula is C54H46F40O6Si. The normalized spacial score (nSPS) is 16.7. The number of aliphatic hydroxyl groups is 6. The highest BCUT2D eigenvalue weighted by Gasteiger charge is 2.77. The summed E-state index contributed by atoms with van der Waals surface area (Å²) in [5.74, 6) is -6.53. The van der Waals surface area contributed by atoms with E-state index in [4.69, 9.17) is 0 Å². The van der Waals surface area contributed by atoms with Gasteiger partial charge in [0.05, 0.1) is 8.07 Å². The molecule has 3 aromatic rings. The molecule has 0 bridgehead atoms. The van der Waals surface area contributed by atoms with Gasteiger partial charge in [0.2, 0.25) is 0 Å². The number of rotatable bonds is 24. The van der Waals surface area contributed by atoms with Gasteiger partial charge in [-0.05, 0) is 85.2 Å². The molecule has 582 valence electrons. The van der Waals surface area contributed by atoms with Crippen LogP contribution in [0.3, 0.4) is 0 Å². The fourth-order valence-corrected chi connectivity index (χ4v) is 15.5. The van der Waals surface area contributed by atoms with Crippen molar-refractivity contribution in [1.82, 2.24) is 0 Å². The van der Waals surface area contributed by atoms with Crippen molar-refractivity contribution in [2.75, 3.05) is 0 Å². The van der Waals surface area contributed by atoms with Crippen LogP contribution in [-0.2, 0) is 41.1 Å². The van der Waals surface area contributed by atoms with Crippen LogP contribution in [0.1, 0.15) is 90.8 Å². The highest BCUT2D eigenvalue weighted by molar-refractivity contribution is 6.79. The first-order chi connectivity index (χ1) is 44.3. The van der Waals surface area contributed by atoms with Crippen molar-refractivity contribution in [2.45, 2.75) is 203 Å². The summed E-state index contributed by atoms with van der Waals surface area (Å²) in [6, 6.07) is -11.0. The Hall–Kier alpha value is -5.42. The molecule has 2 unspecified atom stereocenters. The highest BCUT2D eigenvalue weighted by Crippen LogP contribution is 2.60. The Balaban J connectivity index is 2.72. The molecule has 47 heteroatoms. The van der Waals surface area contributed by atoms with E-state index >= 15 is 4.39 Å². The molecule has 2 atom stereocenters. The molecule has 6 nitrogen and oxygen atoms in total. The van der Waals surface area contributed by atoms with Crippen LogP contribution >= 0.6 is 0 Å². The fourth-order valence-electron chi connectivity index (χ4n) is 10.4. The van der Waals surface area contributed by atoms with Crippen molar-refractivity contribution in [3.63, 3.8) is 0 Å². The van der Waals surface area contributed by atoms with Gasteiger partial charge in [-0.1, -0.05) is 85.9 Å². The van der Waals surface area contributed by atoms with Gasteiger partial charge in [0.15, 0.2) is 5.41 Å². The Labute approximate surface area is 538 Å². The molecule has 0 aromatic heterocycles. The summed E-state index contributed by atoms with van der Waals surface area (Å²) in [5, 5.41) is 55.4. The predicted octanol–water partition coefficient (Wildman–Crippen LogP) is 19.8. The zero-order valence-electron chi connectivity index (χ0n) is 49.3. The molecule has 3 aromatic carbocycles. The first-order valence-corrected chi connectivity index (χ1v) is 30.1. The Kier molecular flexibility index (Phi) is 25.0. The van der Waals surface area contributed by atoms with Crippen molar-refractivity contribution >= 4 is 18.8 Å². The Morgan fingerprint density at radius 1 is 0.287 bits per heavy atom. The van der Waals surface area contributed by atoms with Crippen LogP contribution < -0.4 is 0 Å². The summed E-state index contributed by atoms with van der Waals surface area (Å²) >= 11 is 0. The van der Waals surface area contributed by atoms with Crippen LogP contribution in [-0.4, -0.2) is 125 Å². The summed E-state index contributed by atoms with van der Waals surface area (Å²) in [4.78, 5) is 0. The number of hydrogen-bond acceptors (Lipinski definition) is 6. The maximum Gasteiger partial charge on any atom is 0.453 e. The average Bonchev–Trinajstić information content (AvgIpc) is 0.706. The van der Waals surface area contributed by atoms with Crippen LogP contribution in [0, 0.1) is 5.41 Å². The van der Waals surface area contributed by atoms with Crippen LogP contribution in [0.15, 0.2) is 66.8 Å². The van der Waals surface area contributed by atoms with Gasteiger partial charge in [-0.15, -0.1) is 0 Å². The van der Waals surface area contributed by atoms with Crippen LogP contribution in [0.5, 0.6) is 0 Å². The summed E-state index contributed by atoms with van der Waals surface area (Å²) < 4.78 is 568. The van der Waals surface area contributed by atoms with Crippen LogP contribution in [0.25, 0.3) is 10.8 Å². The minimum absolute atomic E-state index is 0.0763. The number of aryl methyl sites for hydroxylation is 2. The second-order valence-corrected chi connectivity index (χ2v) is 28.3. The molecule has 0 heterocycles. The first kappa shape index (κ1) is 89.8. The molecule has 0 radical (unpaired) electrons. The lowest BCUT2D eigenvalue weighted by Gasteiger charge is -2.37. The van der Waals surface area contributed by atoms with Crippen molar-refractivity contribution in [3.05, 3.63) is 106 Å². The van der Waals surface area contributed by atoms with Gasteiger partial charge in [-0.25, -0.2) is 0 Å². The lowest BCUT2D eigenvalue weighted by molar-refractivity contribution is -0.379. The molecule has 0 saturated carbocycles. The maximum atomic E-state index is 16.1. The standard InChI is InChI=1S/C54H46F40O6Si/c1-35(42(56,57)58,43(59,60)61)13-6-2-4-8-15-101(16-9-5-3-7-14-36(95,44(62,63)64)45(65,66)67,17-10-11-26-19-28(37(96,46(68,69)70)47(71,72)73)23-29(20-26)38(97,48(74,75)76)49(77,78)79)18-12-27-21-31-32(34(22-27)41(55,100)54(92,93)94)24-30(39(98,50(80,81)82)51(83,84)85)25-33(31)40(99,52(86,87)88)53(89,90)91/h2-3,6-7,19-25,95-100H,4-5,8-18H2,1H3/b6-2+,7-3+. The Morgan fingerprint density at radius 3 is 0.931 bits per heavy atom. The third-order valence-electron chi connectivity index (χ3n) is 16.5. The molecule has 0 aliphatic heterocycles. The van der Waals surface area contributed by atoms with E-state index in [9.17, 15) is 202 Å². The van der Waals surface area contributed by atoms with Gasteiger partial charge < -0.3 is 30.6 Å². The van der Waals surface area contributed by atoms with Gasteiger partial charge in [-0.3, -0.25) is 0 Å². The second-order valence-electron chi connectivity index (χ2n) is 23.3. The van der Waals surface area contributed by atoms with Gasteiger partial charge in [-0.2, -0.15) is 176 Å². The number of fused-ring (bicyclic) bond motifs is 1. The molecule has 0 fully saturated rings. The zero-order chi connectivity index (χ0) is 79.7. The number of alkyl halides is 40. The predicted molar refractivity (Wildman–Crippen MR) is 266 cm³/mol. The van der Waals surface area contributed by atoms with E-state index in [0.717, 1.165) is 0 Å². The van der Waals surface area contributed by atoms with E-state index in [1.165, 1.54) is 0 Å². The van der Waals surface area contributed by atoms with Crippen LogP contribution in [0.4, 0.5) is 176 Å². The summed E-state index contributed by atoms with van der Waals surface area (Å²) in [6.45, 7) is -0.398. The van der Waals surface area contributed by atoms with Crippen molar-refractivity contribution in [1.29, 1.82) is 0 Å². The van der Waals surface area contributed by atoms with Gasteiger partial charge in [0.1, 0.15) is 0 Å². The number of benzene rings is 3. The molecule has 0 aliphatic rings. The topological polar surface area (TPSA) is 121 Å². The molecule has 0 aliphatic carbocycles. The molecule has 0 spiro atoms. The summed E-state index contributed by atoms with van der Waals surface area (Å²) in [7, 11) is -4.75. The second kappa shape index (κ2) is 28.1. The monoisotopic (exact) mass is 1580 g/mol. The van der Waals surface area contributed by atoms with E-state index < -0.39 is 309 Å². The average molecular weight is 1580 g/mol. The molecule has 0 saturated heterocycles. The van der Waals surface area contributed by atoms with Gasteiger partial charge >= 0.3 is 86.1 Å². The van der Waals surface area contributed by atoms with E-state index in [-0.39, 0.29) is 12.2 Å². The highest BCUT2D eigenvalue weighted by atomic mass is 28.3. The molecule has 101 heavy (non-hydrogen) atoms. The first-order valence-electron chi connectivity index (χ1n) is 27.3. The lowest BCUT2D eigenvalue weighted by atomic mass is 9.80. The molecule has 3 rings (SSSR count). The molecule has 6 N–H and O–H groups in total. The Morgan fingerprint density at radius 2 is 0.604 bits per heavy atom. The lowest BCUT2D eigenvalue weighted by Crippen LogP contribution is -2.56. The molecule has 0 amide bonds. The quantitative estimate of drug-likeness (QED) is 0.0230. The number of hydrogen-bond donors (Lipinski definition) is 6. The summed E-state index contributed by atoms with van der Waals surface area (Å²) in [6.07, 6.45) is -104. The van der Waals surface area contributed by atoms with Gasteiger partial charge in [0.25, 0.3) is 28.0 Å². The van der Waals surface area contributed by atoms with E-state index in [0.29, 0.717) is 12.2 Å². The number of unbranched alkanes of at least 4 members (excludes halogenated alkanes) is 2. The SMILES string of the molecule is CC(C/C=C/CCC[Si](CCC/C=C/CC(O)(C(F)(F)F)C(F)(F)F)(CCCc1cc(C(O)(C(F)(F)F)C(F)(F)F)cc(C(O)(C(F)(F)F)C(F)(F)F)c1)CCc1cc(C(O)(F)C(F)(F)F)c2cc(C(O)(C(F)(F)F)C(F)(F)F)cc(C(O)(C(F)(F)F)C(F)(F)F)c2c1)(C(F)(F)F)C(F)(F)F. The smallest absolute Gasteiger partial charge is 0.373 e. The third-order valence-corrected chi connectivity index (χ3v) is 22.1. The minimum Gasteiger partial charge on any atom is -0.373 e. The Bertz CT molecular complexity index is 3180. The summed E-state index contributed by atoms with van der Waals surface area (Å²) in [5.41, 5.74) is -56.8. The van der Waals surface area contributed by atoms with E-state index in [1.807, 2.05) is 0 Å². The maximum absolute atomic E-state index is 16.1. The fraction of sp³-hybridized carbons (Fsp3) is 0.630.